The number of allylic oxidation sites excluding steroid dienone is 4. The van der Waals surface area contributed by atoms with Crippen LogP contribution in [-0.2, 0) is 21.4 Å². The summed E-state index contributed by atoms with van der Waals surface area (Å²) in [5, 5.41) is 0. The number of sulfonamides is 1. The monoisotopic (exact) mass is 626 g/mol. The fraction of sp³-hybridized carbons (Fsp3) is 0.656. The first-order valence-electron chi connectivity index (χ1n) is 15.3. The van der Waals surface area contributed by atoms with E-state index in [1.165, 1.54) is 16.1 Å². The molecule has 4 aliphatic carbocycles. The van der Waals surface area contributed by atoms with Crippen molar-refractivity contribution in [3.63, 3.8) is 0 Å². The van der Waals surface area contributed by atoms with Crippen molar-refractivity contribution in [2.75, 3.05) is 32.4 Å². The largest absolute Gasteiger partial charge is 0.453 e. The summed E-state index contributed by atoms with van der Waals surface area (Å²) < 4.78 is 94.8. The molecule has 1 aromatic carbocycles. The topological polar surface area (TPSA) is 57.7 Å². The van der Waals surface area contributed by atoms with Crippen molar-refractivity contribution < 1.29 is 35.2 Å². The van der Waals surface area contributed by atoms with Crippen molar-refractivity contribution >= 4 is 15.8 Å². The Morgan fingerprint density at radius 3 is 2.26 bits per heavy atom. The average molecular weight is 627 g/mol. The quantitative estimate of drug-likeness (QED) is 0.352. The van der Waals surface area contributed by atoms with Crippen molar-refractivity contribution in [3.8, 4) is 0 Å². The zero-order valence-electron chi connectivity index (χ0n) is 24.6. The lowest BCUT2D eigenvalue weighted by atomic mass is 9.54. The molecule has 1 saturated heterocycles. The van der Waals surface area contributed by atoms with Gasteiger partial charge >= 0.3 is 12.1 Å². The number of nitrogens with zero attached hydrogens (tertiary/aromatic N) is 2. The summed E-state index contributed by atoms with van der Waals surface area (Å²) in [5.41, 5.74) is 4.30. The molecule has 6 rings (SSSR count). The van der Waals surface area contributed by atoms with Crippen molar-refractivity contribution in [1.29, 1.82) is 0 Å². The molecule has 1 aliphatic heterocycles. The molecule has 11 heteroatoms. The third-order valence-corrected chi connectivity index (χ3v) is 12.5. The molecule has 2 unspecified atom stereocenters. The van der Waals surface area contributed by atoms with Gasteiger partial charge in [0.25, 0.3) is 0 Å². The molecule has 0 aromatic heterocycles. The highest BCUT2D eigenvalue weighted by atomic mass is 32.2. The van der Waals surface area contributed by atoms with Crippen molar-refractivity contribution in [1.82, 2.24) is 9.21 Å². The first-order chi connectivity index (χ1) is 20.1. The normalized spacial score (nSPS) is 32.7. The van der Waals surface area contributed by atoms with E-state index in [1.54, 1.807) is 13.0 Å². The van der Waals surface area contributed by atoms with Crippen LogP contribution in [0.4, 0.5) is 22.0 Å². The number of fused-ring (bicyclic) bond motifs is 4. The Hall–Kier alpha value is -2.11. The lowest BCUT2D eigenvalue weighted by Gasteiger charge is -2.51. The number of hydrogen-bond acceptors (Lipinski definition) is 4. The van der Waals surface area contributed by atoms with Crippen LogP contribution in [0, 0.1) is 23.2 Å². The van der Waals surface area contributed by atoms with E-state index in [4.69, 9.17) is 0 Å². The molecule has 0 amide bonds. The van der Waals surface area contributed by atoms with Gasteiger partial charge in [0.05, 0.1) is 6.26 Å². The molecule has 0 spiro atoms. The highest BCUT2D eigenvalue weighted by molar-refractivity contribution is 7.88. The molecule has 1 heterocycles. The van der Waals surface area contributed by atoms with Gasteiger partial charge in [-0.15, -0.1) is 0 Å². The molecule has 5 aliphatic rings. The van der Waals surface area contributed by atoms with Crippen molar-refractivity contribution in [2.45, 2.75) is 76.4 Å². The second-order valence-corrected chi connectivity index (χ2v) is 15.5. The highest BCUT2D eigenvalue weighted by Gasteiger charge is 2.70. The number of ketones is 1. The van der Waals surface area contributed by atoms with Gasteiger partial charge in [-0.25, -0.2) is 8.42 Å². The number of carbonyl (C=O) groups is 1. The molecule has 0 N–H and O–H groups in total. The Morgan fingerprint density at radius 2 is 1.63 bits per heavy atom. The SMILES string of the molecule is C[C@]12CCC3=C4C(=CC(=O)CC4c4ccc(CN5CCN(S(C)(=O)=O)CC5)cc4)CC[C@H]3[C@@H]1CCC2C(F)(F)C(F)(F)F. The third-order valence-electron chi connectivity index (χ3n) is 11.2. The van der Waals surface area contributed by atoms with Crippen LogP contribution in [0.5, 0.6) is 0 Å². The molecule has 0 radical (unpaired) electrons. The first kappa shape index (κ1) is 30.9. The highest BCUT2D eigenvalue weighted by Crippen LogP contribution is 2.67. The first-order valence-corrected chi connectivity index (χ1v) is 17.1. The fourth-order valence-corrected chi connectivity index (χ4v) is 9.87. The van der Waals surface area contributed by atoms with Crippen LogP contribution in [0.3, 0.4) is 0 Å². The average Bonchev–Trinajstić information content (AvgIpc) is 3.30. The van der Waals surface area contributed by atoms with Crippen LogP contribution in [-0.4, -0.2) is 67.9 Å². The summed E-state index contributed by atoms with van der Waals surface area (Å²) in [4.78, 5) is 15.0. The number of carbonyl (C=O) groups excluding carboxylic acids is 1. The zero-order valence-corrected chi connectivity index (χ0v) is 25.4. The molecular weight excluding hydrogens is 587 g/mol. The van der Waals surface area contributed by atoms with Crippen LogP contribution in [0.1, 0.15) is 68.9 Å². The van der Waals surface area contributed by atoms with Gasteiger partial charge < -0.3 is 0 Å². The summed E-state index contributed by atoms with van der Waals surface area (Å²) >= 11 is 0. The van der Waals surface area contributed by atoms with Gasteiger partial charge in [0, 0.05) is 51.0 Å². The minimum Gasteiger partial charge on any atom is -0.296 e. The van der Waals surface area contributed by atoms with E-state index < -0.39 is 33.5 Å². The van der Waals surface area contributed by atoms with Gasteiger partial charge in [-0.2, -0.15) is 26.3 Å². The molecule has 3 fully saturated rings. The minimum atomic E-state index is -5.55. The summed E-state index contributed by atoms with van der Waals surface area (Å²) in [6, 6.07) is 8.18. The van der Waals surface area contributed by atoms with Crippen LogP contribution < -0.4 is 0 Å². The Morgan fingerprint density at radius 1 is 0.953 bits per heavy atom. The van der Waals surface area contributed by atoms with Gasteiger partial charge in [-0.3, -0.25) is 9.69 Å². The van der Waals surface area contributed by atoms with Gasteiger partial charge in [0.15, 0.2) is 5.78 Å². The zero-order chi connectivity index (χ0) is 30.9. The van der Waals surface area contributed by atoms with Crippen LogP contribution in [0.25, 0.3) is 0 Å². The molecule has 5 atom stereocenters. The van der Waals surface area contributed by atoms with E-state index in [1.807, 2.05) is 24.3 Å². The van der Waals surface area contributed by atoms with Gasteiger partial charge in [-0.1, -0.05) is 36.8 Å². The Balaban J connectivity index is 1.24. The lowest BCUT2D eigenvalue weighted by Crippen LogP contribution is -2.51. The van der Waals surface area contributed by atoms with E-state index >= 15 is 0 Å². The van der Waals surface area contributed by atoms with E-state index in [0.29, 0.717) is 71.2 Å². The fourth-order valence-electron chi connectivity index (χ4n) is 9.04. The lowest BCUT2D eigenvalue weighted by molar-refractivity contribution is -0.314. The van der Waals surface area contributed by atoms with Crippen molar-refractivity contribution in [3.05, 3.63) is 58.2 Å². The number of halogens is 5. The van der Waals surface area contributed by atoms with Crippen LogP contribution in [0.2, 0.25) is 0 Å². The molecule has 2 saturated carbocycles. The molecule has 236 valence electrons. The smallest absolute Gasteiger partial charge is 0.296 e. The van der Waals surface area contributed by atoms with Gasteiger partial charge in [-0.05, 0) is 84.1 Å². The maximum atomic E-state index is 14.7. The third kappa shape index (κ3) is 5.41. The van der Waals surface area contributed by atoms with Crippen LogP contribution in [0.15, 0.2) is 47.1 Å². The minimum absolute atomic E-state index is 0.0412. The summed E-state index contributed by atoms with van der Waals surface area (Å²) in [6.07, 6.45) is 0.0537. The standard InChI is InChI=1S/C32H39F5N2O3S/c1-30-12-11-25-24(27(30)9-10-28(30)31(33,34)32(35,36)37)8-7-22-17-23(40)18-26(29(22)25)21-5-3-20(4-6-21)19-38-13-15-39(16-14-38)43(2,41)42/h3-6,17,24,26-28H,7-16,18-19H2,1-2H3/t24-,26?,27+,28?,30+/m1/s1. The summed E-state index contributed by atoms with van der Waals surface area (Å²) in [7, 11) is -3.19. The molecular formula is C32H39F5N2O3S. The van der Waals surface area contributed by atoms with E-state index in [0.717, 1.165) is 22.3 Å². The number of piperazine rings is 1. The molecule has 1 aromatic rings. The number of rotatable bonds is 5. The second kappa shape index (κ2) is 10.8. The maximum absolute atomic E-state index is 14.7. The maximum Gasteiger partial charge on any atom is 0.453 e. The van der Waals surface area contributed by atoms with Crippen LogP contribution >= 0.6 is 0 Å². The van der Waals surface area contributed by atoms with E-state index in [9.17, 15) is 35.2 Å². The summed E-state index contributed by atoms with van der Waals surface area (Å²) in [5.74, 6) is -6.78. The van der Waals surface area contributed by atoms with Gasteiger partial charge in [0.2, 0.25) is 10.0 Å². The molecule has 0 bridgehead atoms. The number of alkyl halides is 5. The Bertz CT molecular complexity index is 1440. The van der Waals surface area contributed by atoms with Gasteiger partial charge in [0.1, 0.15) is 0 Å². The van der Waals surface area contributed by atoms with E-state index in [2.05, 4.69) is 4.90 Å². The second-order valence-electron chi connectivity index (χ2n) is 13.5. The number of benzene rings is 1. The van der Waals surface area contributed by atoms with E-state index in [-0.39, 0.29) is 30.0 Å². The Labute approximate surface area is 250 Å². The molecule has 43 heavy (non-hydrogen) atoms. The predicted octanol–water partition coefficient (Wildman–Crippen LogP) is 6.48. The van der Waals surface area contributed by atoms with Crippen molar-refractivity contribution in [2.24, 2.45) is 23.2 Å². The molecule has 5 nitrogen and oxygen atoms in total. The Kier molecular flexibility index (Phi) is 7.73. The number of hydrogen-bond donors (Lipinski definition) is 0. The summed E-state index contributed by atoms with van der Waals surface area (Å²) in [6.45, 7) is 4.56. The predicted molar refractivity (Wildman–Crippen MR) is 153 cm³/mol.